The van der Waals surface area contributed by atoms with Gasteiger partial charge in [0.15, 0.2) is 0 Å². The molecule has 0 aromatic heterocycles. The van der Waals surface area contributed by atoms with E-state index in [0.29, 0.717) is 18.1 Å². The summed E-state index contributed by atoms with van der Waals surface area (Å²) in [5.41, 5.74) is 7.08. The van der Waals surface area contributed by atoms with E-state index in [9.17, 15) is 0 Å². The van der Waals surface area contributed by atoms with E-state index in [2.05, 4.69) is 53.5 Å². The minimum atomic E-state index is -0.109. The fourth-order valence-corrected chi connectivity index (χ4v) is 4.01. The summed E-state index contributed by atoms with van der Waals surface area (Å²) in [4.78, 5) is 2.44. The molecule has 1 saturated heterocycles. The molecule has 1 saturated carbocycles. The molecule has 1 heterocycles. The van der Waals surface area contributed by atoms with Crippen molar-refractivity contribution >= 4 is 0 Å². The largest absolute Gasteiger partial charge is 0.377 e. The van der Waals surface area contributed by atoms with Crippen LogP contribution >= 0.6 is 0 Å². The molecule has 1 aliphatic heterocycles. The second-order valence-electron chi connectivity index (χ2n) is 8.41. The summed E-state index contributed by atoms with van der Waals surface area (Å²) in [5.74, 6) is 0.539. The number of nitrogens with zero attached hydrogens (tertiary/aromatic N) is 1. The highest BCUT2D eigenvalue weighted by Gasteiger charge is 2.67. The number of fused-ring (bicyclic) bond motifs is 1. The van der Waals surface area contributed by atoms with Crippen molar-refractivity contribution in [3.05, 3.63) is 0 Å². The first-order chi connectivity index (χ1) is 8.52. The van der Waals surface area contributed by atoms with Gasteiger partial charge < -0.3 is 15.4 Å². The van der Waals surface area contributed by atoms with Gasteiger partial charge in [-0.25, -0.2) is 0 Å². The standard InChI is InChI=1S/C16H32N2O/c1-11(14(2,3)4)18(7)10-16(17)12-8-9-19-13(12)15(16,5)6/h11-13H,8-10,17H2,1-7H3. The summed E-state index contributed by atoms with van der Waals surface area (Å²) in [7, 11) is 2.21. The second kappa shape index (κ2) is 4.44. The van der Waals surface area contributed by atoms with Crippen LogP contribution in [0.5, 0.6) is 0 Å². The Labute approximate surface area is 118 Å². The predicted octanol–water partition coefficient (Wildman–Crippen LogP) is 2.50. The van der Waals surface area contributed by atoms with E-state index in [0.717, 1.165) is 19.6 Å². The van der Waals surface area contributed by atoms with Crippen molar-refractivity contribution in [2.24, 2.45) is 22.5 Å². The molecule has 2 rings (SSSR count). The van der Waals surface area contributed by atoms with E-state index in [1.165, 1.54) is 0 Å². The minimum Gasteiger partial charge on any atom is -0.377 e. The molecule has 112 valence electrons. The van der Waals surface area contributed by atoms with Gasteiger partial charge in [0.2, 0.25) is 0 Å². The van der Waals surface area contributed by atoms with Crippen LogP contribution in [0.15, 0.2) is 0 Å². The van der Waals surface area contributed by atoms with Gasteiger partial charge in [-0.05, 0) is 25.8 Å². The summed E-state index contributed by atoms with van der Waals surface area (Å²) < 4.78 is 5.87. The van der Waals surface area contributed by atoms with Crippen LogP contribution in [0.1, 0.15) is 48.0 Å². The third kappa shape index (κ3) is 2.14. The van der Waals surface area contributed by atoms with Crippen LogP contribution in [-0.4, -0.2) is 42.8 Å². The van der Waals surface area contributed by atoms with Crippen LogP contribution in [-0.2, 0) is 4.74 Å². The lowest BCUT2D eigenvalue weighted by Crippen LogP contribution is -2.78. The Hall–Kier alpha value is -0.120. The van der Waals surface area contributed by atoms with E-state index in [4.69, 9.17) is 10.5 Å². The number of hydrogen-bond donors (Lipinski definition) is 1. The van der Waals surface area contributed by atoms with E-state index in [-0.39, 0.29) is 16.4 Å². The van der Waals surface area contributed by atoms with E-state index in [1.54, 1.807) is 0 Å². The molecule has 0 aromatic carbocycles. The summed E-state index contributed by atoms with van der Waals surface area (Å²) in [6.45, 7) is 15.6. The molecule has 0 bridgehead atoms. The maximum Gasteiger partial charge on any atom is 0.0691 e. The molecule has 0 amide bonds. The first-order valence-electron chi connectivity index (χ1n) is 7.62. The summed E-state index contributed by atoms with van der Waals surface area (Å²) in [6, 6.07) is 0.519. The predicted molar refractivity (Wildman–Crippen MR) is 80.1 cm³/mol. The molecule has 2 aliphatic rings. The van der Waals surface area contributed by atoms with Crippen molar-refractivity contribution < 1.29 is 4.74 Å². The van der Waals surface area contributed by atoms with Gasteiger partial charge in [0, 0.05) is 36.1 Å². The molecule has 0 aromatic rings. The fourth-order valence-electron chi connectivity index (χ4n) is 4.01. The molecule has 4 atom stereocenters. The Kier molecular flexibility index (Phi) is 3.57. The van der Waals surface area contributed by atoms with Gasteiger partial charge in [0.1, 0.15) is 0 Å². The summed E-state index contributed by atoms with van der Waals surface area (Å²) in [6.07, 6.45) is 1.50. The Morgan fingerprint density at radius 1 is 1.37 bits per heavy atom. The third-order valence-electron chi connectivity index (χ3n) is 6.09. The fraction of sp³-hybridized carbons (Fsp3) is 1.00. The van der Waals surface area contributed by atoms with Crippen LogP contribution in [0, 0.1) is 16.7 Å². The average molecular weight is 268 g/mol. The number of nitrogens with two attached hydrogens (primary N) is 1. The van der Waals surface area contributed by atoms with Crippen molar-refractivity contribution in [1.29, 1.82) is 0 Å². The Balaban J connectivity index is 2.10. The van der Waals surface area contributed by atoms with E-state index >= 15 is 0 Å². The van der Waals surface area contributed by atoms with Crippen molar-refractivity contribution in [1.82, 2.24) is 4.90 Å². The summed E-state index contributed by atoms with van der Waals surface area (Å²) >= 11 is 0. The SMILES string of the molecule is CC(N(C)CC1(N)C2CCOC2C1(C)C)C(C)(C)C. The lowest BCUT2D eigenvalue weighted by molar-refractivity contribution is -0.165. The first kappa shape index (κ1) is 15.3. The topological polar surface area (TPSA) is 38.5 Å². The highest BCUT2D eigenvalue weighted by molar-refractivity contribution is 5.21. The molecule has 2 N–H and O–H groups in total. The van der Waals surface area contributed by atoms with Crippen molar-refractivity contribution in [2.45, 2.75) is 65.6 Å². The molecule has 3 nitrogen and oxygen atoms in total. The first-order valence-corrected chi connectivity index (χ1v) is 7.62. The monoisotopic (exact) mass is 268 g/mol. The van der Waals surface area contributed by atoms with Gasteiger partial charge in [-0.15, -0.1) is 0 Å². The molecule has 2 fully saturated rings. The molecule has 1 aliphatic carbocycles. The van der Waals surface area contributed by atoms with Gasteiger partial charge >= 0.3 is 0 Å². The number of hydrogen-bond acceptors (Lipinski definition) is 3. The van der Waals surface area contributed by atoms with Crippen LogP contribution in [0.25, 0.3) is 0 Å². The zero-order chi connectivity index (χ0) is 14.6. The zero-order valence-corrected chi connectivity index (χ0v) is 13.8. The molecule has 19 heavy (non-hydrogen) atoms. The molecule has 0 spiro atoms. The zero-order valence-electron chi connectivity index (χ0n) is 13.8. The number of likely N-dealkylation sites (N-methyl/N-ethyl adjacent to an activating group) is 1. The molecular weight excluding hydrogens is 236 g/mol. The Morgan fingerprint density at radius 3 is 2.47 bits per heavy atom. The maximum atomic E-state index is 6.83. The van der Waals surface area contributed by atoms with Gasteiger partial charge in [-0.3, -0.25) is 0 Å². The normalized spacial score (nSPS) is 39.0. The van der Waals surface area contributed by atoms with Crippen LogP contribution in [0.2, 0.25) is 0 Å². The molecular formula is C16H32N2O. The molecule has 4 unspecified atom stereocenters. The van der Waals surface area contributed by atoms with Crippen molar-refractivity contribution in [2.75, 3.05) is 20.2 Å². The van der Waals surface area contributed by atoms with Gasteiger partial charge in [-0.1, -0.05) is 34.6 Å². The maximum absolute atomic E-state index is 6.83. The second-order valence-corrected chi connectivity index (χ2v) is 8.41. The van der Waals surface area contributed by atoms with Gasteiger partial charge in [0.05, 0.1) is 6.10 Å². The summed E-state index contributed by atoms with van der Waals surface area (Å²) in [5, 5.41) is 0. The minimum absolute atomic E-state index is 0.0834. The van der Waals surface area contributed by atoms with Crippen molar-refractivity contribution in [3.63, 3.8) is 0 Å². The van der Waals surface area contributed by atoms with Gasteiger partial charge in [0.25, 0.3) is 0 Å². The van der Waals surface area contributed by atoms with Crippen LogP contribution in [0.4, 0.5) is 0 Å². The Bertz CT molecular complexity index is 347. The average Bonchev–Trinajstić information content (AvgIpc) is 2.74. The smallest absolute Gasteiger partial charge is 0.0691 e. The number of rotatable bonds is 3. The molecule has 3 heteroatoms. The number of ether oxygens (including phenoxy) is 1. The van der Waals surface area contributed by atoms with Crippen molar-refractivity contribution in [3.8, 4) is 0 Å². The highest BCUT2D eigenvalue weighted by Crippen LogP contribution is 2.58. The Morgan fingerprint density at radius 2 is 1.95 bits per heavy atom. The van der Waals surface area contributed by atoms with Crippen LogP contribution < -0.4 is 5.73 Å². The quantitative estimate of drug-likeness (QED) is 0.854. The lowest BCUT2D eigenvalue weighted by atomic mass is 9.48. The van der Waals surface area contributed by atoms with E-state index < -0.39 is 0 Å². The third-order valence-corrected chi connectivity index (χ3v) is 6.09. The van der Waals surface area contributed by atoms with Crippen LogP contribution in [0.3, 0.4) is 0 Å². The lowest BCUT2D eigenvalue weighted by Gasteiger charge is -2.63. The molecule has 0 radical (unpaired) electrons. The highest BCUT2D eigenvalue weighted by atomic mass is 16.5. The van der Waals surface area contributed by atoms with E-state index in [1.807, 2.05) is 0 Å². The van der Waals surface area contributed by atoms with Gasteiger partial charge in [-0.2, -0.15) is 0 Å².